The maximum Gasteiger partial charge on any atom is 0.413 e. The highest BCUT2D eigenvalue weighted by atomic mass is 32.2. The van der Waals surface area contributed by atoms with Crippen LogP contribution in [0.1, 0.15) is 80.3 Å². The molecule has 2 fully saturated rings. The Balaban J connectivity index is 1.92. The molecule has 0 aliphatic carbocycles. The van der Waals surface area contributed by atoms with Gasteiger partial charge in [0.2, 0.25) is 11.5 Å². The van der Waals surface area contributed by atoms with Crippen molar-refractivity contribution in [2.24, 2.45) is 5.16 Å². The summed E-state index contributed by atoms with van der Waals surface area (Å²) in [5.41, 5.74) is -4.08. The average molecular weight is 689 g/mol. The largest absolute Gasteiger partial charge is 0.457 e. The van der Waals surface area contributed by atoms with Gasteiger partial charge in [-0.25, -0.2) is 18.9 Å². The Morgan fingerprint density at radius 3 is 2.26 bits per heavy atom. The summed E-state index contributed by atoms with van der Waals surface area (Å²) >= 11 is 0.901. The summed E-state index contributed by atoms with van der Waals surface area (Å²) < 4.78 is 44.5. The molecule has 3 rings (SSSR count). The van der Waals surface area contributed by atoms with Crippen molar-refractivity contribution < 1.29 is 51.3 Å². The van der Waals surface area contributed by atoms with Crippen molar-refractivity contribution in [3.05, 3.63) is 11.1 Å². The second-order valence-electron chi connectivity index (χ2n) is 13.1. The molecule has 256 valence electrons. The van der Waals surface area contributed by atoms with Crippen LogP contribution in [-0.2, 0) is 43.8 Å². The predicted octanol–water partition coefficient (Wildman–Crippen LogP) is 1.84. The van der Waals surface area contributed by atoms with Crippen LogP contribution in [0.5, 0.6) is 0 Å². The molecule has 0 spiro atoms. The van der Waals surface area contributed by atoms with Gasteiger partial charge in [0.1, 0.15) is 22.9 Å². The lowest BCUT2D eigenvalue weighted by atomic mass is 9.96. The first-order valence-electron chi connectivity index (χ1n) is 14.3. The van der Waals surface area contributed by atoms with Crippen molar-refractivity contribution in [1.29, 1.82) is 0 Å². The second-order valence-corrected chi connectivity index (χ2v) is 15.3. The zero-order valence-corrected chi connectivity index (χ0v) is 28.5. The van der Waals surface area contributed by atoms with Gasteiger partial charge < -0.3 is 24.5 Å². The number of nitrogens with one attached hydrogen (secondary N) is 2. The molecule has 17 nitrogen and oxygen atoms in total. The van der Waals surface area contributed by atoms with E-state index in [2.05, 4.69) is 20.8 Å². The van der Waals surface area contributed by atoms with Crippen LogP contribution in [-0.4, -0.2) is 105 Å². The third-order valence-electron chi connectivity index (χ3n) is 6.36. The molecule has 3 heterocycles. The van der Waals surface area contributed by atoms with Crippen molar-refractivity contribution >= 4 is 62.3 Å². The van der Waals surface area contributed by atoms with Crippen LogP contribution >= 0.6 is 11.3 Å². The number of oxime groups is 1. The van der Waals surface area contributed by atoms with Gasteiger partial charge in [0.25, 0.3) is 11.8 Å². The smallest absolute Gasteiger partial charge is 0.413 e. The molecule has 2 saturated heterocycles. The minimum Gasteiger partial charge on any atom is -0.457 e. The number of hydrogen-bond acceptors (Lipinski definition) is 13. The van der Waals surface area contributed by atoms with Crippen LogP contribution in [0.25, 0.3) is 0 Å². The third-order valence-corrected chi connectivity index (χ3v) is 8.06. The van der Waals surface area contributed by atoms with Gasteiger partial charge in [0.05, 0.1) is 6.04 Å². The highest BCUT2D eigenvalue weighted by Crippen LogP contribution is 2.27. The quantitative estimate of drug-likeness (QED) is 0.105. The Bertz CT molecular complexity index is 1510. The number of anilines is 1. The number of carbonyl (C=O) groups is 5. The lowest BCUT2D eigenvalue weighted by Crippen LogP contribution is -2.75. The van der Waals surface area contributed by atoms with E-state index in [1.807, 2.05) is 0 Å². The highest BCUT2D eigenvalue weighted by molar-refractivity contribution is 7.84. The molecular weight excluding hydrogens is 648 g/mol. The zero-order chi connectivity index (χ0) is 34.8. The molecular formula is C27H40N6O11S2. The predicted molar refractivity (Wildman–Crippen MR) is 164 cm³/mol. The summed E-state index contributed by atoms with van der Waals surface area (Å²) in [6.07, 6.45) is 0.715. The maximum absolute atomic E-state index is 13.6. The number of rotatable bonds is 10. The third kappa shape index (κ3) is 9.58. The number of aromatic nitrogens is 1. The molecule has 46 heavy (non-hydrogen) atoms. The van der Waals surface area contributed by atoms with Gasteiger partial charge in [0.15, 0.2) is 10.8 Å². The molecule has 0 aromatic carbocycles. The van der Waals surface area contributed by atoms with Crippen molar-refractivity contribution in [1.82, 2.24) is 19.5 Å². The summed E-state index contributed by atoms with van der Waals surface area (Å²) in [7, 11) is -5.02. The molecule has 0 unspecified atom stereocenters. The first kappa shape index (κ1) is 36.6. The van der Waals surface area contributed by atoms with Crippen LogP contribution in [0.4, 0.5) is 9.93 Å². The normalized spacial score (nSPS) is 19.7. The van der Waals surface area contributed by atoms with Crippen molar-refractivity contribution in [2.75, 3.05) is 18.4 Å². The van der Waals surface area contributed by atoms with Gasteiger partial charge in [0, 0.05) is 24.9 Å². The van der Waals surface area contributed by atoms with Gasteiger partial charge >= 0.3 is 22.4 Å². The minimum absolute atomic E-state index is 0.00918. The van der Waals surface area contributed by atoms with E-state index in [4.69, 9.17) is 14.3 Å². The first-order valence-corrected chi connectivity index (χ1v) is 16.6. The number of ether oxygens (including phenoxy) is 2. The standard InChI is InChI=1S/C27H40N6O11S2/c1-25(2,3)42-22(37)27(7,8)44-31-18(15-14-45-23(28-15)30-24(38)43-26(4,5)6)20(35)29-19-16(33(21(19)36)46(39,40)41)13-32-12-10-9-11-17(32)34/h14,16,19H,9-13H2,1-8H3,(H,29,35)(H,28,30,38)(H,39,40,41)/b31-18-/t16-,19+/m1/s1. The van der Waals surface area contributed by atoms with Crippen LogP contribution in [0.2, 0.25) is 0 Å². The molecule has 1 aromatic heterocycles. The van der Waals surface area contributed by atoms with E-state index in [0.29, 0.717) is 19.4 Å². The fraction of sp³-hybridized carbons (Fsp3) is 0.667. The van der Waals surface area contributed by atoms with Gasteiger partial charge in [-0.05, 0) is 68.2 Å². The average Bonchev–Trinajstić information content (AvgIpc) is 3.32. The number of hydrogen-bond donors (Lipinski definition) is 3. The van der Waals surface area contributed by atoms with E-state index in [1.165, 1.54) is 24.1 Å². The lowest BCUT2D eigenvalue weighted by Gasteiger charge is -2.46. The molecule has 19 heteroatoms. The van der Waals surface area contributed by atoms with E-state index in [-0.39, 0.29) is 34.0 Å². The molecule has 0 radical (unpaired) electrons. The topological polar surface area (TPSA) is 223 Å². The fourth-order valence-corrected chi connectivity index (χ4v) is 5.82. The zero-order valence-electron chi connectivity index (χ0n) is 26.9. The monoisotopic (exact) mass is 688 g/mol. The summed E-state index contributed by atoms with van der Waals surface area (Å²) in [5.74, 6) is -3.29. The van der Waals surface area contributed by atoms with Gasteiger partial charge in [-0.3, -0.25) is 24.3 Å². The molecule has 2 aliphatic rings. The second kappa shape index (κ2) is 13.5. The van der Waals surface area contributed by atoms with E-state index >= 15 is 0 Å². The Labute approximate surface area is 270 Å². The van der Waals surface area contributed by atoms with Crippen LogP contribution in [0, 0.1) is 0 Å². The molecule has 2 aliphatic heterocycles. The fourth-order valence-electron chi connectivity index (χ4n) is 4.26. The Morgan fingerprint density at radius 2 is 1.70 bits per heavy atom. The van der Waals surface area contributed by atoms with Crippen LogP contribution < -0.4 is 10.6 Å². The van der Waals surface area contributed by atoms with Crippen molar-refractivity contribution in [3.63, 3.8) is 0 Å². The summed E-state index contributed by atoms with van der Waals surface area (Å²) in [5, 5.41) is 10.0. The summed E-state index contributed by atoms with van der Waals surface area (Å²) in [6.45, 7) is 12.7. The van der Waals surface area contributed by atoms with E-state index in [9.17, 15) is 36.9 Å². The lowest BCUT2D eigenvalue weighted by molar-refractivity contribution is -0.179. The first-order chi connectivity index (χ1) is 21.0. The number of amides is 4. The minimum atomic E-state index is -5.02. The molecule has 0 bridgehead atoms. The van der Waals surface area contributed by atoms with Gasteiger partial charge in [-0.15, -0.1) is 11.3 Å². The molecule has 3 N–H and O–H groups in total. The maximum atomic E-state index is 13.6. The summed E-state index contributed by atoms with van der Waals surface area (Å²) in [6, 6.07) is -2.82. The molecule has 4 amide bonds. The Hall–Kier alpha value is -3.84. The van der Waals surface area contributed by atoms with Crippen LogP contribution in [0.3, 0.4) is 0 Å². The number of likely N-dealkylation sites (tertiary alicyclic amines) is 1. The van der Waals surface area contributed by atoms with Gasteiger partial charge in [-0.2, -0.15) is 8.42 Å². The summed E-state index contributed by atoms with van der Waals surface area (Å²) in [4.78, 5) is 74.9. The molecule has 0 saturated carbocycles. The van der Waals surface area contributed by atoms with Crippen molar-refractivity contribution in [2.45, 2.75) is 104 Å². The number of carbonyl (C=O) groups excluding carboxylic acids is 5. The van der Waals surface area contributed by atoms with E-state index in [0.717, 1.165) is 11.3 Å². The number of esters is 1. The van der Waals surface area contributed by atoms with Crippen molar-refractivity contribution in [3.8, 4) is 0 Å². The SMILES string of the molecule is CC(C)(C)OC(=O)Nc1nc(/C(=N/OC(C)(C)C(=O)OC(C)(C)C)C(=O)N[C@@H]2C(=O)N(S(=O)(=O)O)[C@@H]2CN2CCCCC2=O)cs1. The number of piperidine rings is 1. The van der Waals surface area contributed by atoms with Crippen LogP contribution in [0.15, 0.2) is 10.5 Å². The molecule has 1 aromatic rings. The Kier molecular flexibility index (Phi) is 10.7. The number of β-lactam (4-membered cyclic amide) rings is 1. The number of nitrogens with zero attached hydrogens (tertiary/aromatic N) is 4. The van der Waals surface area contributed by atoms with E-state index < -0.39 is 68.8 Å². The Morgan fingerprint density at radius 1 is 1.07 bits per heavy atom. The van der Waals surface area contributed by atoms with E-state index in [1.54, 1.807) is 41.5 Å². The molecule has 2 atom stereocenters. The van der Waals surface area contributed by atoms with Gasteiger partial charge in [-0.1, -0.05) is 5.16 Å². The highest BCUT2D eigenvalue weighted by Gasteiger charge is 2.55. The number of thiazole rings is 1.